The van der Waals surface area contributed by atoms with E-state index in [-0.39, 0.29) is 18.3 Å². The molecule has 0 amide bonds. The second-order valence-electron chi connectivity index (χ2n) is 4.35. The van der Waals surface area contributed by atoms with Crippen LogP contribution >= 0.6 is 0 Å². The van der Waals surface area contributed by atoms with Crippen LogP contribution in [0.3, 0.4) is 0 Å². The number of aliphatic hydroxyl groups is 1. The summed E-state index contributed by atoms with van der Waals surface area (Å²) >= 11 is 0. The molecule has 0 aliphatic rings. The largest absolute Gasteiger partial charge is 0.388 e. The fourth-order valence-electron chi connectivity index (χ4n) is 0.954. The second-order valence-corrected chi connectivity index (χ2v) is 4.35. The number of nitrogens with two attached hydrogens (primary N) is 1. The fraction of sp³-hybridized carbons (Fsp3) is 1.00. The molecule has 0 aliphatic heterocycles. The van der Waals surface area contributed by atoms with Gasteiger partial charge in [-0.15, -0.1) is 0 Å². The van der Waals surface area contributed by atoms with Gasteiger partial charge in [0.05, 0.1) is 24.9 Å². The second kappa shape index (κ2) is 7.17. The first kappa shape index (κ1) is 14.8. The highest BCUT2D eigenvalue weighted by atomic mass is 16.5. The number of aliphatic hydroxyl groups excluding tert-OH is 1. The summed E-state index contributed by atoms with van der Waals surface area (Å²) in [4.78, 5) is 0. The van der Waals surface area contributed by atoms with Gasteiger partial charge in [0.15, 0.2) is 0 Å². The normalized spacial score (nSPS) is 17.8. The Kier molecular flexibility index (Phi) is 7.09. The third-order valence-electron chi connectivity index (χ3n) is 2.43. The zero-order valence-electron chi connectivity index (χ0n) is 10.3. The van der Waals surface area contributed by atoms with Crippen molar-refractivity contribution in [3.8, 4) is 0 Å². The Hall–Kier alpha value is -0.160. The summed E-state index contributed by atoms with van der Waals surface area (Å²) < 4.78 is 10.8. The van der Waals surface area contributed by atoms with E-state index in [1.807, 2.05) is 27.7 Å². The van der Waals surface area contributed by atoms with Gasteiger partial charge in [0.25, 0.3) is 0 Å². The van der Waals surface area contributed by atoms with Gasteiger partial charge in [-0.3, -0.25) is 0 Å². The van der Waals surface area contributed by atoms with Crippen molar-refractivity contribution in [1.29, 1.82) is 0 Å². The van der Waals surface area contributed by atoms with Crippen LogP contribution in [0.4, 0.5) is 0 Å². The Morgan fingerprint density at radius 1 is 1.33 bits per heavy atom. The molecule has 0 spiro atoms. The van der Waals surface area contributed by atoms with Crippen LogP contribution in [-0.4, -0.2) is 42.7 Å². The lowest BCUT2D eigenvalue weighted by atomic mass is 10.0. The quantitative estimate of drug-likeness (QED) is 0.637. The standard InChI is InChI=1S/C11H25NO3/c1-5-11(4,8-12)15-7-10(13)6-14-9(2)3/h9-10,13H,5-8,12H2,1-4H3. The average Bonchev–Trinajstić information content (AvgIpc) is 2.23. The summed E-state index contributed by atoms with van der Waals surface area (Å²) in [6.45, 7) is 8.87. The summed E-state index contributed by atoms with van der Waals surface area (Å²) in [5, 5.41) is 9.56. The van der Waals surface area contributed by atoms with E-state index in [4.69, 9.17) is 15.2 Å². The van der Waals surface area contributed by atoms with E-state index < -0.39 is 6.10 Å². The summed E-state index contributed by atoms with van der Waals surface area (Å²) in [6, 6.07) is 0. The van der Waals surface area contributed by atoms with Crippen LogP contribution in [0.5, 0.6) is 0 Å². The van der Waals surface area contributed by atoms with Crippen LogP contribution in [0.2, 0.25) is 0 Å². The number of hydrogen-bond donors (Lipinski definition) is 2. The SMILES string of the molecule is CCC(C)(CN)OCC(O)COC(C)C. The first-order valence-electron chi connectivity index (χ1n) is 5.57. The molecule has 15 heavy (non-hydrogen) atoms. The minimum Gasteiger partial charge on any atom is -0.388 e. The number of hydrogen-bond acceptors (Lipinski definition) is 4. The Bertz CT molecular complexity index is 158. The van der Waals surface area contributed by atoms with Crippen molar-refractivity contribution in [2.75, 3.05) is 19.8 Å². The molecule has 0 fully saturated rings. The van der Waals surface area contributed by atoms with Crippen molar-refractivity contribution in [3.63, 3.8) is 0 Å². The molecule has 0 radical (unpaired) electrons. The third-order valence-corrected chi connectivity index (χ3v) is 2.43. The van der Waals surface area contributed by atoms with Gasteiger partial charge in [0.1, 0.15) is 6.10 Å². The molecule has 2 atom stereocenters. The molecular formula is C11H25NO3. The van der Waals surface area contributed by atoms with E-state index in [1.165, 1.54) is 0 Å². The van der Waals surface area contributed by atoms with Crippen LogP contribution in [0.15, 0.2) is 0 Å². The maximum absolute atomic E-state index is 9.56. The molecular weight excluding hydrogens is 194 g/mol. The lowest BCUT2D eigenvalue weighted by Crippen LogP contribution is -2.40. The van der Waals surface area contributed by atoms with E-state index in [1.54, 1.807) is 0 Å². The topological polar surface area (TPSA) is 64.7 Å². The highest BCUT2D eigenvalue weighted by Gasteiger charge is 2.22. The first-order valence-corrected chi connectivity index (χ1v) is 5.57. The summed E-state index contributed by atoms with van der Waals surface area (Å²) in [5.41, 5.74) is 5.25. The molecule has 2 unspecified atom stereocenters. The minimum atomic E-state index is -0.579. The Morgan fingerprint density at radius 2 is 1.93 bits per heavy atom. The molecule has 3 N–H and O–H groups in total. The molecule has 92 valence electrons. The van der Waals surface area contributed by atoms with Crippen molar-refractivity contribution in [3.05, 3.63) is 0 Å². The Labute approximate surface area is 92.7 Å². The maximum Gasteiger partial charge on any atom is 0.101 e. The Morgan fingerprint density at radius 3 is 2.33 bits per heavy atom. The van der Waals surface area contributed by atoms with Gasteiger partial charge in [-0.05, 0) is 27.2 Å². The highest BCUT2D eigenvalue weighted by Crippen LogP contribution is 2.13. The van der Waals surface area contributed by atoms with Crippen molar-refractivity contribution in [1.82, 2.24) is 0 Å². The van der Waals surface area contributed by atoms with Crippen molar-refractivity contribution < 1.29 is 14.6 Å². The molecule has 0 saturated carbocycles. The van der Waals surface area contributed by atoms with Gasteiger partial charge in [-0.2, -0.15) is 0 Å². The molecule has 0 rings (SSSR count). The van der Waals surface area contributed by atoms with Gasteiger partial charge in [-0.25, -0.2) is 0 Å². The van der Waals surface area contributed by atoms with E-state index in [0.29, 0.717) is 13.2 Å². The van der Waals surface area contributed by atoms with Crippen molar-refractivity contribution >= 4 is 0 Å². The summed E-state index contributed by atoms with van der Waals surface area (Å²) in [5.74, 6) is 0. The highest BCUT2D eigenvalue weighted by molar-refractivity contribution is 4.74. The smallest absolute Gasteiger partial charge is 0.101 e. The average molecular weight is 219 g/mol. The molecule has 4 heteroatoms. The number of ether oxygens (including phenoxy) is 2. The molecule has 0 bridgehead atoms. The molecule has 0 saturated heterocycles. The van der Waals surface area contributed by atoms with Crippen molar-refractivity contribution in [2.24, 2.45) is 5.73 Å². The molecule has 0 aliphatic carbocycles. The predicted octanol–water partition coefficient (Wildman–Crippen LogP) is 0.916. The van der Waals surface area contributed by atoms with Gasteiger partial charge in [0, 0.05) is 6.54 Å². The van der Waals surface area contributed by atoms with Crippen LogP contribution in [0.1, 0.15) is 34.1 Å². The predicted molar refractivity (Wildman–Crippen MR) is 60.8 cm³/mol. The lowest BCUT2D eigenvalue weighted by molar-refractivity contribution is -0.0901. The van der Waals surface area contributed by atoms with Crippen LogP contribution in [-0.2, 0) is 9.47 Å². The van der Waals surface area contributed by atoms with Gasteiger partial charge in [0.2, 0.25) is 0 Å². The lowest BCUT2D eigenvalue weighted by Gasteiger charge is -2.28. The molecule has 0 aromatic carbocycles. The molecule has 0 heterocycles. The monoisotopic (exact) mass is 219 g/mol. The number of rotatable bonds is 8. The summed E-state index contributed by atoms with van der Waals surface area (Å²) in [7, 11) is 0. The van der Waals surface area contributed by atoms with Crippen LogP contribution in [0.25, 0.3) is 0 Å². The van der Waals surface area contributed by atoms with Gasteiger partial charge >= 0.3 is 0 Å². The van der Waals surface area contributed by atoms with Gasteiger partial charge < -0.3 is 20.3 Å². The Balaban J connectivity index is 3.73. The molecule has 4 nitrogen and oxygen atoms in total. The summed E-state index contributed by atoms with van der Waals surface area (Å²) in [6.07, 6.45) is 0.387. The van der Waals surface area contributed by atoms with Crippen LogP contribution in [0, 0.1) is 0 Å². The third kappa shape index (κ3) is 6.84. The van der Waals surface area contributed by atoms with Crippen molar-refractivity contribution in [2.45, 2.75) is 51.9 Å². The zero-order valence-corrected chi connectivity index (χ0v) is 10.3. The van der Waals surface area contributed by atoms with Crippen LogP contribution < -0.4 is 5.73 Å². The van der Waals surface area contributed by atoms with E-state index in [0.717, 1.165) is 6.42 Å². The minimum absolute atomic E-state index is 0.131. The molecule has 0 aromatic heterocycles. The van der Waals surface area contributed by atoms with E-state index in [2.05, 4.69) is 0 Å². The molecule has 0 aromatic rings. The first-order chi connectivity index (χ1) is 6.93. The van der Waals surface area contributed by atoms with E-state index in [9.17, 15) is 5.11 Å². The zero-order chi connectivity index (χ0) is 11.9. The maximum atomic E-state index is 9.56. The fourth-order valence-corrected chi connectivity index (χ4v) is 0.954. The van der Waals surface area contributed by atoms with Gasteiger partial charge in [-0.1, -0.05) is 6.92 Å². The van der Waals surface area contributed by atoms with E-state index >= 15 is 0 Å².